The lowest BCUT2D eigenvalue weighted by Gasteiger charge is -2.27. The number of nitrogens with one attached hydrogen (secondary N) is 1. The highest BCUT2D eigenvalue weighted by molar-refractivity contribution is 6.07. The maximum absolute atomic E-state index is 11.8. The molecule has 124 valence electrons. The Morgan fingerprint density at radius 1 is 1.42 bits per heavy atom. The Kier molecular flexibility index (Phi) is 3.66. The maximum atomic E-state index is 11.8. The van der Waals surface area contributed by atoms with Gasteiger partial charge in [0.05, 0.1) is 25.2 Å². The molecule has 2 N–H and O–H groups in total. The molecule has 0 aliphatic carbocycles. The summed E-state index contributed by atoms with van der Waals surface area (Å²) >= 11 is 0. The predicted octanol–water partition coefficient (Wildman–Crippen LogP) is 0.256. The number of benzene rings is 1. The van der Waals surface area contributed by atoms with Crippen molar-refractivity contribution in [3.05, 3.63) is 42.5 Å². The van der Waals surface area contributed by atoms with Gasteiger partial charge in [-0.2, -0.15) is 0 Å². The van der Waals surface area contributed by atoms with E-state index in [-0.39, 0.29) is 12.5 Å². The zero-order valence-electron chi connectivity index (χ0n) is 12.9. The Morgan fingerprint density at radius 2 is 2.33 bits per heavy atom. The first kappa shape index (κ1) is 14.7. The van der Waals surface area contributed by atoms with Crippen molar-refractivity contribution in [2.24, 2.45) is 4.99 Å². The van der Waals surface area contributed by atoms with Gasteiger partial charge in [-0.15, -0.1) is 0 Å². The van der Waals surface area contributed by atoms with Crippen LogP contribution in [0.25, 0.3) is 0 Å². The zero-order chi connectivity index (χ0) is 16.5. The third kappa shape index (κ3) is 2.61. The summed E-state index contributed by atoms with van der Waals surface area (Å²) in [6, 6.07) is 5.10. The van der Waals surface area contributed by atoms with Crippen LogP contribution in [0.2, 0.25) is 0 Å². The minimum Gasteiger partial charge on any atom is -0.492 e. The Balaban J connectivity index is 1.47. The topological polar surface area (TPSA) is 92.0 Å². The van der Waals surface area contributed by atoms with Crippen LogP contribution in [0.3, 0.4) is 0 Å². The van der Waals surface area contributed by atoms with Gasteiger partial charge in [0.15, 0.2) is 0 Å². The second kappa shape index (κ2) is 5.97. The number of aliphatic hydroxyl groups is 1. The van der Waals surface area contributed by atoms with Gasteiger partial charge in [-0.1, -0.05) is 0 Å². The van der Waals surface area contributed by atoms with Crippen molar-refractivity contribution in [2.75, 3.05) is 13.2 Å². The monoisotopic (exact) mass is 327 g/mol. The first-order valence-electron chi connectivity index (χ1n) is 7.73. The van der Waals surface area contributed by atoms with Crippen LogP contribution in [0, 0.1) is 0 Å². The number of aliphatic imine (C=N–C) groups is 1. The van der Waals surface area contributed by atoms with Crippen LogP contribution >= 0.6 is 0 Å². The highest BCUT2D eigenvalue weighted by Gasteiger charge is 2.38. The average Bonchev–Trinajstić information content (AvgIpc) is 3.19. The van der Waals surface area contributed by atoms with E-state index in [2.05, 4.69) is 15.3 Å². The van der Waals surface area contributed by atoms with Crippen LogP contribution in [0.15, 0.2) is 41.9 Å². The van der Waals surface area contributed by atoms with Crippen LogP contribution in [-0.4, -0.2) is 50.7 Å². The molecule has 0 spiro atoms. The molecule has 1 aromatic carbocycles. The van der Waals surface area contributed by atoms with Crippen molar-refractivity contribution in [1.82, 2.24) is 19.8 Å². The van der Waals surface area contributed by atoms with Crippen LogP contribution in [0.1, 0.15) is 5.56 Å². The largest absolute Gasteiger partial charge is 0.492 e. The second-order valence-electron chi connectivity index (χ2n) is 5.69. The molecule has 1 amide bonds. The van der Waals surface area contributed by atoms with Crippen molar-refractivity contribution in [3.63, 3.8) is 0 Å². The van der Waals surface area contributed by atoms with E-state index in [4.69, 9.17) is 4.74 Å². The third-order valence-electron chi connectivity index (χ3n) is 4.15. The predicted molar refractivity (Wildman–Crippen MR) is 85.8 cm³/mol. The molecule has 4 rings (SSSR count). The third-order valence-corrected chi connectivity index (χ3v) is 4.15. The number of hydrogen-bond acceptors (Lipinski definition) is 6. The number of fused-ring (bicyclic) bond motifs is 2. The number of hydrogen-bond donors (Lipinski definition) is 2. The molecule has 8 heteroatoms. The molecule has 0 radical (unpaired) electrons. The standard InChI is InChI=1S/C16H17N5O3/c22-9-14-15(23)19-16-18-13-2-1-12(7-11(13)8-21(14)16)24-6-5-20-4-3-17-10-20/h1-4,7,10,14,22H,5-6,8-9H2,(H,18,19,23). The van der Waals surface area contributed by atoms with Crippen molar-refractivity contribution < 1.29 is 14.6 Å². The summed E-state index contributed by atoms with van der Waals surface area (Å²) < 4.78 is 7.73. The van der Waals surface area contributed by atoms with Crippen LogP contribution in [0.4, 0.5) is 5.69 Å². The molecule has 1 saturated heterocycles. The van der Waals surface area contributed by atoms with E-state index in [1.54, 1.807) is 17.4 Å². The molecule has 2 aliphatic rings. The lowest BCUT2D eigenvalue weighted by molar-refractivity contribution is -0.122. The van der Waals surface area contributed by atoms with Gasteiger partial charge in [0, 0.05) is 24.5 Å². The van der Waals surface area contributed by atoms with Gasteiger partial charge in [-0.3, -0.25) is 10.1 Å². The SMILES string of the molecule is O=C1NC2=Nc3ccc(OCCn4ccnc4)cc3CN2C1CO. The molecule has 3 heterocycles. The molecule has 24 heavy (non-hydrogen) atoms. The van der Waals surface area contributed by atoms with Gasteiger partial charge in [-0.05, 0) is 18.2 Å². The lowest BCUT2D eigenvalue weighted by Crippen LogP contribution is -2.39. The fourth-order valence-corrected chi connectivity index (χ4v) is 2.89. The molecule has 8 nitrogen and oxygen atoms in total. The minimum atomic E-state index is -0.581. The van der Waals surface area contributed by atoms with Crippen LogP contribution in [-0.2, 0) is 17.9 Å². The zero-order valence-corrected chi connectivity index (χ0v) is 12.9. The first-order chi connectivity index (χ1) is 11.7. The summed E-state index contributed by atoms with van der Waals surface area (Å²) in [5, 5.41) is 12.1. The number of carbonyl (C=O) groups excluding carboxylic acids is 1. The quantitative estimate of drug-likeness (QED) is 0.822. The fraction of sp³-hybridized carbons (Fsp3) is 0.312. The van der Waals surface area contributed by atoms with Gasteiger partial charge in [-0.25, -0.2) is 9.98 Å². The highest BCUT2D eigenvalue weighted by Crippen LogP contribution is 2.31. The summed E-state index contributed by atoms with van der Waals surface area (Å²) in [6.07, 6.45) is 5.37. The van der Waals surface area contributed by atoms with E-state index >= 15 is 0 Å². The molecule has 1 aromatic heterocycles. The van der Waals surface area contributed by atoms with Crippen molar-refractivity contribution in [3.8, 4) is 5.75 Å². The number of ether oxygens (including phenoxy) is 1. The Bertz CT molecular complexity index is 787. The summed E-state index contributed by atoms with van der Waals surface area (Å²) in [5.74, 6) is 1.03. The summed E-state index contributed by atoms with van der Waals surface area (Å²) in [7, 11) is 0. The Hall–Kier alpha value is -2.87. The second-order valence-corrected chi connectivity index (χ2v) is 5.69. The number of guanidine groups is 1. The van der Waals surface area contributed by atoms with Crippen LogP contribution in [0.5, 0.6) is 5.75 Å². The minimum absolute atomic E-state index is 0.221. The van der Waals surface area contributed by atoms with E-state index in [1.807, 2.05) is 29.0 Å². The maximum Gasteiger partial charge on any atom is 0.251 e. The molecule has 0 saturated carbocycles. The van der Waals surface area contributed by atoms with Gasteiger partial charge in [0.2, 0.25) is 5.96 Å². The number of imidazole rings is 1. The number of aliphatic hydroxyl groups excluding tert-OH is 1. The molecular weight excluding hydrogens is 310 g/mol. The van der Waals surface area contributed by atoms with Gasteiger partial charge in [0.25, 0.3) is 5.91 Å². The van der Waals surface area contributed by atoms with Crippen LogP contribution < -0.4 is 10.1 Å². The number of carbonyl (C=O) groups is 1. The summed E-state index contributed by atoms with van der Waals surface area (Å²) in [5.41, 5.74) is 1.77. The molecule has 0 bridgehead atoms. The fourth-order valence-electron chi connectivity index (χ4n) is 2.89. The van der Waals surface area contributed by atoms with Crippen molar-refractivity contribution in [2.45, 2.75) is 19.1 Å². The van der Waals surface area contributed by atoms with E-state index in [9.17, 15) is 9.90 Å². The van der Waals surface area contributed by atoms with E-state index in [1.165, 1.54) is 0 Å². The number of amides is 1. The summed E-state index contributed by atoms with van der Waals surface area (Å²) in [4.78, 5) is 22.0. The Morgan fingerprint density at radius 3 is 3.12 bits per heavy atom. The summed E-state index contributed by atoms with van der Waals surface area (Å²) in [6.45, 7) is 1.53. The lowest BCUT2D eigenvalue weighted by atomic mass is 10.1. The highest BCUT2D eigenvalue weighted by atomic mass is 16.5. The number of rotatable bonds is 5. The number of nitrogens with zero attached hydrogens (tertiary/aromatic N) is 4. The first-order valence-corrected chi connectivity index (χ1v) is 7.73. The molecule has 1 unspecified atom stereocenters. The van der Waals surface area contributed by atoms with E-state index < -0.39 is 6.04 Å². The Labute approximate surface area is 138 Å². The normalized spacial score (nSPS) is 18.7. The molecule has 2 aromatic rings. The smallest absolute Gasteiger partial charge is 0.251 e. The van der Waals surface area contributed by atoms with E-state index in [0.29, 0.717) is 19.1 Å². The average molecular weight is 327 g/mol. The molecule has 2 aliphatic heterocycles. The molecule has 1 fully saturated rings. The number of aromatic nitrogens is 2. The van der Waals surface area contributed by atoms with Gasteiger partial charge < -0.3 is 19.3 Å². The van der Waals surface area contributed by atoms with Crippen molar-refractivity contribution in [1.29, 1.82) is 0 Å². The molecular formula is C16H17N5O3. The van der Waals surface area contributed by atoms with Crippen molar-refractivity contribution >= 4 is 17.6 Å². The van der Waals surface area contributed by atoms with Gasteiger partial charge >= 0.3 is 0 Å². The van der Waals surface area contributed by atoms with Gasteiger partial charge in [0.1, 0.15) is 18.4 Å². The molecule has 1 atom stereocenters. The van der Waals surface area contributed by atoms with E-state index in [0.717, 1.165) is 23.5 Å².